The number of hydrogen-bond acceptors (Lipinski definition) is 3. The van der Waals surface area contributed by atoms with Gasteiger partial charge in [0.05, 0.1) is 12.2 Å². The van der Waals surface area contributed by atoms with Crippen LogP contribution < -0.4 is 5.32 Å². The Labute approximate surface area is 205 Å². The summed E-state index contributed by atoms with van der Waals surface area (Å²) in [7, 11) is 0. The molecule has 0 saturated carbocycles. The highest BCUT2D eigenvalue weighted by Crippen LogP contribution is 2.29. The van der Waals surface area contributed by atoms with Gasteiger partial charge in [0, 0.05) is 47.5 Å². The molecule has 5 nitrogen and oxygen atoms in total. The van der Waals surface area contributed by atoms with E-state index in [1.165, 1.54) is 11.1 Å². The van der Waals surface area contributed by atoms with E-state index in [9.17, 15) is 4.79 Å². The van der Waals surface area contributed by atoms with Crippen LogP contribution in [-0.2, 0) is 13.0 Å². The summed E-state index contributed by atoms with van der Waals surface area (Å²) in [6.07, 6.45) is 6.62. The van der Waals surface area contributed by atoms with E-state index in [1.807, 2.05) is 59.7 Å². The molecule has 0 aliphatic rings. The van der Waals surface area contributed by atoms with Gasteiger partial charge in [0.1, 0.15) is 0 Å². The fraction of sp³-hybridized carbons (Fsp3) is 0.200. The summed E-state index contributed by atoms with van der Waals surface area (Å²) < 4.78 is 1.91. The van der Waals surface area contributed by atoms with Crippen LogP contribution in [0.4, 0.5) is 0 Å². The van der Waals surface area contributed by atoms with Crippen molar-refractivity contribution in [2.45, 2.75) is 32.9 Å². The third-order valence-corrected chi connectivity index (χ3v) is 6.52. The number of Topliss-reactive ketones (excluding diaryl/α,β-unsaturated/α-hetero) is 1. The van der Waals surface area contributed by atoms with Crippen molar-refractivity contribution in [3.05, 3.63) is 114 Å². The highest BCUT2D eigenvalue weighted by atomic mass is 16.1. The Kier molecular flexibility index (Phi) is 6.59. The molecule has 0 spiro atoms. The topological polar surface area (TPSA) is 62.7 Å². The van der Waals surface area contributed by atoms with Gasteiger partial charge in [-0.1, -0.05) is 72.3 Å². The molecule has 2 heterocycles. The van der Waals surface area contributed by atoms with E-state index < -0.39 is 6.04 Å². The highest BCUT2D eigenvalue weighted by molar-refractivity contribution is 6.11. The van der Waals surface area contributed by atoms with Gasteiger partial charge >= 0.3 is 0 Å². The third kappa shape index (κ3) is 4.96. The van der Waals surface area contributed by atoms with Crippen molar-refractivity contribution in [2.24, 2.45) is 0 Å². The third-order valence-electron chi connectivity index (χ3n) is 6.52. The molecule has 0 saturated heterocycles. The van der Waals surface area contributed by atoms with Gasteiger partial charge in [-0.3, -0.25) is 9.48 Å². The number of rotatable bonds is 9. The fourth-order valence-electron chi connectivity index (χ4n) is 4.47. The molecule has 1 atom stereocenters. The number of aromatic nitrogens is 3. The van der Waals surface area contributed by atoms with Gasteiger partial charge in [0.2, 0.25) is 0 Å². The molecular weight excluding hydrogens is 432 g/mol. The van der Waals surface area contributed by atoms with Crippen molar-refractivity contribution in [2.75, 3.05) is 6.54 Å². The zero-order valence-corrected chi connectivity index (χ0v) is 20.2. The number of aryl methyl sites for hydroxylation is 2. The van der Waals surface area contributed by atoms with E-state index in [4.69, 9.17) is 0 Å². The molecule has 0 aliphatic carbocycles. The molecule has 5 heteroatoms. The molecule has 5 rings (SSSR count). The first-order chi connectivity index (χ1) is 17.1. The minimum atomic E-state index is -0.414. The summed E-state index contributed by atoms with van der Waals surface area (Å²) in [5, 5.41) is 8.84. The van der Waals surface area contributed by atoms with Crippen molar-refractivity contribution in [3.8, 4) is 11.1 Å². The first kappa shape index (κ1) is 22.8. The van der Waals surface area contributed by atoms with Gasteiger partial charge in [-0.05, 0) is 43.0 Å². The van der Waals surface area contributed by atoms with E-state index in [0.717, 1.165) is 40.6 Å². The fourth-order valence-corrected chi connectivity index (χ4v) is 4.47. The number of nitrogens with zero attached hydrogens (tertiary/aromatic N) is 2. The van der Waals surface area contributed by atoms with Crippen LogP contribution in [0.2, 0.25) is 0 Å². The minimum Gasteiger partial charge on any atom is -0.360 e. The molecule has 2 N–H and O–H groups in total. The van der Waals surface area contributed by atoms with Crippen LogP contribution in [0.5, 0.6) is 0 Å². The predicted molar refractivity (Wildman–Crippen MR) is 142 cm³/mol. The van der Waals surface area contributed by atoms with E-state index in [-0.39, 0.29) is 5.78 Å². The van der Waals surface area contributed by atoms with Gasteiger partial charge in [-0.25, -0.2) is 0 Å². The second kappa shape index (κ2) is 10.1. The van der Waals surface area contributed by atoms with Crippen molar-refractivity contribution >= 4 is 16.7 Å². The monoisotopic (exact) mass is 462 g/mol. The van der Waals surface area contributed by atoms with Gasteiger partial charge < -0.3 is 10.3 Å². The Balaban J connectivity index is 1.40. The number of benzene rings is 3. The summed E-state index contributed by atoms with van der Waals surface area (Å²) in [5.74, 6) is 0.0675. The summed E-state index contributed by atoms with van der Waals surface area (Å²) in [4.78, 5) is 17.1. The van der Waals surface area contributed by atoms with Crippen LogP contribution in [0, 0.1) is 6.92 Å². The molecule has 0 fully saturated rings. The van der Waals surface area contributed by atoms with E-state index in [0.29, 0.717) is 12.1 Å². The van der Waals surface area contributed by atoms with E-state index in [1.54, 1.807) is 0 Å². The average Bonchev–Trinajstić information content (AvgIpc) is 3.55. The lowest BCUT2D eigenvalue weighted by atomic mass is 9.96. The quantitative estimate of drug-likeness (QED) is 0.260. The number of nitrogens with one attached hydrogen (secondary N) is 2. The number of H-pyrrole nitrogens is 1. The number of carbonyl (C=O) groups is 1. The largest absolute Gasteiger partial charge is 0.360 e. The van der Waals surface area contributed by atoms with Crippen LogP contribution in [0.15, 0.2) is 91.4 Å². The first-order valence-corrected chi connectivity index (χ1v) is 12.1. The Morgan fingerprint density at radius 1 is 1.03 bits per heavy atom. The van der Waals surface area contributed by atoms with Gasteiger partial charge in [0.25, 0.3) is 0 Å². The lowest BCUT2D eigenvalue weighted by Gasteiger charge is -2.18. The van der Waals surface area contributed by atoms with Crippen LogP contribution in [0.3, 0.4) is 0 Å². The SMILES string of the molecule is CCn1cc(-c2ccc3c(C(=O)[C@@H](NCCc4ccc(C)cc4)c4ccccc4)c[nH]c3c2)cn1. The van der Waals surface area contributed by atoms with E-state index in [2.05, 4.69) is 65.6 Å². The number of hydrogen-bond donors (Lipinski definition) is 2. The summed E-state index contributed by atoms with van der Waals surface area (Å²) in [6, 6.07) is 24.3. The summed E-state index contributed by atoms with van der Waals surface area (Å²) in [6.45, 7) is 5.71. The van der Waals surface area contributed by atoms with Crippen LogP contribution >= 0.6 is 0 Å². The number of fused-ring (bicyclic) bond motifs is 1. The van der Waals surface area contributed by atoms with Crippen molar-refractivity contribution < 1.29 is 4.79 Å². The van der Waals surface area contributed by atoms with Crippen LogP contribution in [0.25, 0.3) is 22.0 Å². The molecule has 3 aromatic carbocycles. The molecule has 2 aromatic heterocycles. The molecule has 35 heavy (non-hydrogen) atoms. The standard InChI is InChI=1S/C30H30N4O/c1-3-34-20-25(18-33-34)24-13-14-26-27(19-32-28(26)17-24)30(35)29(23-7-5-4-6-8-23)31-16-15-22-11-9-21(2)10-12-22/h4-14,17-20,29,31-32H,3,15-16H2,1-2H3/t29-/m0/s1. The Hall–Kier alpha value is -3.96. The van der Waals surface area contributed by atoms with Gasteiger partial charge in [-0.2, -0.15) is 5.10 Å². The van der Waals surface area contributed by atoms with Crippen molar-refractivity contribution in [3.63, 3.8) is 0 Å². The lowest BCUT2D eigenvalue weighted by molar-refractivity contribution is 0.0945. The maximum atomic E-state index is 13.8. The average molecular weight is 463 g/mol. The smallest absolute Gasteiger partial charge is 0.186 e. The summed E-state index contributed by atoms with van der Waals surface area (Å²) in [5.41, 5.74) is 7.27. The molecule has 0 radical (unpaired) electrons. The number of ketones is 1. The molecule has 0 aliphatic heterocycles. The second-order valence-electron chi connectivity index (χ2n) is 8.95. The first-order valence-electron chi connectivity index (χ1n) is 12.1. The number of carbonyl (C=O) groups excluding carboxylic acids is 1. The Morgan fingerprint density at radius 2 is 1.83 bits per heavy atom. The minimum absolute atomic E-state index is 0.0675. The molecule has 5 aromatic rings. The molecule has 0 bridgehead atoms. The van der Waals surface area contributed by atoms with Gasteiger partial charge in [0.15, 0.2) is 5.78 Å². The second-order valence-corrected chi connectivity index (χ2v) is 8.95. The Morgan fingerprint density at radius 3 is 2.57 bits per heavy atom. The normalized spacial score (nSPS) is 12.2. The maximum Gasteiger partial charge on any atom is 0.186 e. The lowest BCUT2D eigenvalue weighted by Crippen LogP contribution is -2.30. The van der Waals surface area contributed by atoms with Crippen molar-refractivity contribution in [1.82, 2.24) is 20.1 Å². The molecule has 176 valence electrons. The Bertz CT molecular complexity index is 1430. The number of aromatic amines is 1. The molecule has 0 unspecified atom stereocenters. The van der Waals surface area contributed by atoms with E-state index >= 15 is 0 Å². The van der Waals surface area contributed by atoms with Crippen LogP contribution in [-0.4, -0.2) is 27.1 Å². The summed E-state index contributed by atoms with van der Waals surface area (Å²) >= 11 is 0. The highest BCUT2D eigenvalue weighted by Gasteiger charge is 2.24. The van der Waals surface area contributed by atoms with Crippen LogP contribution in [0.1, 0.15) is 40.0 Å². The molecular formula is C30H30N4O. The van der Waals surface area contributed by atoms with Crippen molar-refractivity contribution in [1.29, 1.82) is 0 Å². The van der Waals surface area contributed by atoms with Gasteiger partial charge in [-0.15, -0.1) is 0 Å². The predicted octanol–water partition coefficient (Wildman–Crippen LogP) is 6.12. The zero-order chi connectivity index (χ0) is 24.2. The maximum absolute atomic E-state index is 13.8. The molecule has 0 amide bonds. The zero-order valence-electron chi connectivity index (χ0n) is 20.2.